The summed E-state index contributed by atoms with van der Waals surface area (Å²) in [5.74, 6) is -0.873. The summed E-state index contributed by atoms with van der Waals surface area (Å²) >= 11 is 0. The van der Waals surface area contributed by atoms with Gasteiger partial charge in [-0.05, 0) is 25.1 Å². The minimum Gasteiger partial charge on any atom is -0.370 e. The molecule has 21 heavy (non-hydrogen) atoms. The van der Waals surface area contributed by atoms with E-state index in [1.807, 2.05) is 0 Å². The molecule has 1 unspecified atom stereocenters. The van der Waals surface area contributed by atoms with E-state index in [0.717, 1.165) is 18.2 Å². The van der Waals surface area contributed by atoms with E-state index in [1.54, 1.807) is 23.9 Å². The Labute approximate surface area is 120 Å². The molecule has 112 valence electrons. The van der Waals surface area contributed by atoms with Crippen LogP contribution in [0.2, 0.25) is 0 Å². The molecule has 1 aromatic carbocycles. The third-order valence-corrected chi connectivity index (χ3v) is 3.02. The molecule has 1 amide bonds. The van der Waals surface area contributed by atoms with Gasteiger partial charge in [0.1, 0.15) is 17.5 Å². The van der Waals surface area contributed by atoms with Gasteiger partial charge in [0.15, 0.2) is 0 Å². The largest absolute Gasteiger partial charge is 0.370 e. The lowest BCUT2D eigenvalue weighted by Crippen LogP contribution is -2.14. The smallest absolute Gasteiger partial charge is 0.219 e. The van der Waals surface area contributed by atoms with E-state index in [0.29, 0.717) is 12.4 Å². The third-order valence-electron chi connectivity index (χ3n) is 3.02. The van der Waals surface area contributed by atoms with Gasteiger partial charge in [-0.25, -0.2) is 8.78 Å². The topological polar surface area (TPSA) is 72.9 Å². The fourth-order valence-corrected chi connectivity index (χ4v) is 1.93. The molecule has 3 N–H and O–H groups in total. The molecule has 1 heterocycles. The molecule has 0 aliphatic rings. The zero-order chi connectivity index (χ0) is 15.4. The van der Waals surface area contributed by atoms with E-state index in [-0.39, 0.29) is 12.0 Å². The lowest BCUT2D eigenvalue weighted by molar-refractivity contribution is -0.118. The van der Waals surface area contributed by atoms with Gasteiger partial charge in [-0.2, -0.15) is 5.10 Å². The molecule has 7 heteroatoms. The second kappa shape index (κ2) is 6.34. The molecule has 0 saturated carbocycles. The van der Waals surface area contributed by atoms with Crippen LogP contribution in [0.25, 0.3) is 0 Å². The van der Waals surface area contributed by atoms with Crippen molar-refractivity contribution < 1.29 is 13.6 Å². The predicted octanol–water partition coefficient (Wildman–Crippen LogP) is 2.21. The number of halogens is 2. The van der Waals surface area contributed by atoms with Crippen LogP contribution in [0, 0.1) is 11.6 Å². The number of benzene rings is 1. The first-order valence-electron chi connectivity index (χ1n) is 6.49. The highest BCUT2D eigenvalue weighted by atomic mass is 19.1. The standard InChI is InChI=1S/C14H16F2N4O/c1-9(11-8-10(15)2-3-12(11)16)18-14-5-7-20(19-14)6-4-13(17)21/h2-3,5,7-9H,4,6H2,1H3,(H2,17,21)(H,18,19). The van der Waals surface area contributed by atoms with E-state index >= 15 is 0 Å². The Balaban J connectivity index is 2.04. The van der Waals surface area contributed by atoms with Gasteiger partial charge in [-0.3, -0.25) is 9.48 Å². The fraction of sp³-hybridized carbons (Fsp3) is 0.286. The number of rotatable bonds is 6. The van der Waals surface area contributed by atoms with Gasteiger partial charge in [0.25, 0.3) is 0 Å². The van der Waals surface area contributed by atoms with Crippen molar-refractivity contribution >= 4 is 11.7 Å². The van der Waals surface area contributed by atoms with Crippen LogP contribution in [0.3, 0.4) is 0 Å². The lowest BCUT2D eigenvalue weighted by Gasteiger charge is -2.14. The summed E-state index contributed by atoms with van der Waals surface area (Å²) in [6.07, 6.45) is 1.87. The summed E-state index contributed by atoms with van der Waals surface area (Å²) in [5, 5.41) is 7.16. The summed E-state index contributed by atoms with van der Waals surface area (Å²) in [4.78, 5) is 10.7. The van der Waals surface area contributed by atoms with Gasteiger partial charge in [0.05, 0.1) is 6.04 Å². The number of aromatic nitrogens is 2. The zero-order valence-corrected chi connectivity index (χ0v) is 11.5. The summed E-state index contributed by atoms with van der Waals surface area (Å²) < 4.78 is 28.4. The molecule has 0 fully saturated rings. The second-order valence-electron chi connectivity index (χ2n) is 4.71. The van der Waals surface area contributed by atoms with Crippen molar-refractivity contribution in [2.75, 3.05) is 5.32 Å². The van der Waals surface area contributed by atoms with Crippen molar-refractivity contribution in [3.8, 4) is 0 Å². The number of nitrogens with zero attached hydrogens (tertiary/aromatic N) is 2. The number of amides is 1. The van der Waals surface area contributed by atoms with Crippen LogP contribution in [0.4, 0.5) is 14.6 Å². The molecule has 5 nitrogen and oxygen atoms in total. The monoisotopic (exact) mass is 294 g/mol. The van der Waals surface area contributed by atoms with Crippen molar-refractivity contribution in [2.45, 2.75) is 25.9 Å². The van der Waals surface area contributed by atoms with Crippen molar-refractivity contribution in [3.63, 3.8) is 0 Å². The van der Waals surface area contributed by atoms with Crippen LogP contribution < -0.4 is 11.1 Å². The van der Waals surface area contributed by atoms with E-state index in [1.165, 1.54) is 0 Å². The van der Waals surface area contributed by atoms with Crippen LogP contribution in [0.5, 0.6) is 0 Å². The average Bonchev–Trinajstić information content (AvgIpc) is 2.86. The average molecular weight is 294 g/mol. The Bertz CT molecular complexity index is 642. The van der Waals surface area contributed by atoms with Gasteiger partial charge in [0.2, 0.25) is 5.91 Å². The first-order valence-corrected chi connectivity index (χ1v) is 6.49. The van der Waals surface area contributed by atoms with E-state index in [2.05, 4.69) is 10.4 Å². The molecule has 2 aromatic rings. The van der Waals surface area contributed by atoms with Crippen LogP contribution in [0.15, 0.2) is 30.5 Å². The first-order chi connectivity index (χ1) is 9.95. The maximum absolute atomic E-state index is 13.7. The molecule has 0 radical (unpaired) electrons. The number of hydrogen-bond donors (Lipinski definition) is 2. The number of carbonyl (C=O) groups is 1. The molecule has 1 aromatic heterocycles. The fourth-order valence-electron chi connectivity index (χ4n) is 1.93. The van der Waals surface area contributed by atoms with Crippen molar-refractivity contribution in [2.24, 2.45) is 5.73 Å². The molecule has 1 atom stereocenters. The third kappa shape index (κ3) is 4.01. The predicted molar refractivity (Wildman–Crippen MR) is 74.4 cm³/mol. The minimum atomic E-state index is -0.493. The highest BCUT2D eigenvalue weighted by Gasteiger charge is 2.13. The number of primary amides is 1. The number of carbonyl (C=O) groups excluding carboxylic acids is 1. The van der Waals surface area contributed by atoms with Crippen LogP contribution >= 0.6 is 0 Å². The van der Waals surface area contributed by atoms with Crippen molar-refractivity contribution in [1.29, 1.82) is 0 Å². The van der Waals surface area contributed by atoms with E-state index < -0.39 is 23.6 Å². The van der Waals surface area contributed by atoms with Gasteiger partial charge in [0, 0.05) is 30.8 Å². The van der Waals surface area contributed by atoms with Gasteiger partial charge in [-0.15, -0.1) is 0 Å². The number of aryl methyl sites for hydroxylation is 1. The number of anilines is 1. The first kappa shape index (κ1) is 15.0. The van der Waals surface area contributed by atoms with Crippen LogP contribution in [0.1, 0.15) is 24.9 Å². The maximum Gasteiger partial charge on any atom is 0.219 e. The van der Waals surface area contributed by atoms with Crippen LogP contribution in [-0.4, -0.2) is 15.7 Å². The molecular weight excluding hydrogens is 278 g/mol. The normalized spacial score (nSPS) is 12.1. The van der Waals surface area contributed by atoms with Gasteiger partial charge < -0.3 is 11.1 Å². The highest BCUT2D eigenvalue weighted by Crippen LogP contribution is 2.21. The van der Waals surface area contributed by atoms with Crippen molar-refractivity contribution in [3.05, 3.63) is 47.7 Å². The van der Waals surface area contributed by atoms with E-state index in [4.69, 9.17) is 5.73 Å². The number of nitrogens with one attached hydrogen (secondary N) is 1. The van der Waals surface area contributed by atoms with Crippen LogP contribution in [-0.2, 0) is 11.3 Å². The molecular formula is C14H16F2N4O. The Hall–Kier alpha value is -2.44. The van der Waals surface area contributed by atoms with E-state index in [9.17, 15) is 13.6 Å². The quantitative estimate of drug-likeness (QED) is 0.858. The summed E-state index contributed by atoms with van der Waals surface area (Å²) in [6, 6.07) is 4.56. The second-order valence-corrected chi connectivity index (χ2v) is 4.71. The Morgan fingerprint density at radius 3 is 2.90 bits per heavy atom. The molecule has 0 spiro atoms. The summed E-state index contributed by atoms with van der Waals surface area (Å²) in [6.45, 7) is 2.08. The molecule has 0 saturated heterocycles. The summed E-state index contributed by atoms with van der Waals surface area (Å²) in [7, 11) is 0. The zero-order valence-electron chi connectivity index (χ0n) is 11.5. The minimum absolute atomic E-state index is 0.190. The lowest BCUT2D eigenvalue weighted by atomic mass is 10.1. The summed E-state index contributed by atoms with van der Waals surface area (Å²) in [5.41, 5.74) is 5.29. The molecule has 0 aliphatic heterocycles. The Kier molecular flexibility index (Phi) is 4.52. The maximum atomic E-state index is 13.7. The molecule has 2 rings (SSSR count). The van der Waals surface area contributed by atoms with Gasteiger partial charge >= 0.3 is 0 Å². The number of nitrogens with two attached hydrogens (primary N) is 1. The van der Waals surface area contributed by atoms with Crippen molar-refractivity contribution in [1.82, 2.24) is 9.78 Å². The Morgan fingerprint density at radius 1 is 1.43 bits per heavy atom. The highest BCUT2D eigenvalue weighted by molar-refractivity contribution is 5.73. The SMILES string of the molecule is CC(Nc1ccn(CCC(N)=O)n1)c1cc(F)ccc1F. The number of hydrogen-bond acceptors (Lipinski definition) is 3. The van der Waals surface area contributed by atoms with Gasteiger partial charge in [-0.1, -0.05) is 0 Å². The Morgan fingerprint density at radius 2 is 2.19 bits per heavy atom. The molecule has 0 aliphatic carbocycles. The molecule has 0 bridgehead atoms.